The van der Waals surface area contributed by atoms with E-state index in [1.165, 1.54) is 38.5 Å². The van der Waals surface area contributed by atoms with Crippen molar-refractivity contribution in [3.8, 4) is 0 Å². The molecule has 11 heavy (non-hydrogen) atoms. The van der Waals surface area contributed by atoms with E-state index in [0.29, 0.717) is 5.41 Å². The standard InChI is InChI=1S/C9H17N.ClH/c1-8-2-5-9(10,6-3-8)7-4-8;/h2-7,10H2,1H3;1H. The van der Waals surface area contributed by atoms with Crippen molar-refractivity contribution >= 4 is 12.4 Å². The van der Waals surface area contributed by atoms with Crippen molar-refractivity contribution in [3.63, 3.8) is 0 Å². The van der Waals surface area contributed by atoms with Gasteiger partial charge in [0.15, 0.2) is 0 Å². The summed E-state index contributed by atoms with van der Waals surface area (Å²) in [5.41, 5.74) is 7.10. The van der Waals surface area contributed by atoms with Crippen molar-refractivity contribution in [3.05, 3.63) is 0 Å². The van der Waals surface area contributed by atoms with E-state index in [-0.39, 0.29) is 17.9 Å². The lowest BCUT2D eigenvalue weighted by Gasteiger charge is -2.50. The van der Waals surface area contributed by atoms with Crippen molar-refractivity contribution in [1.82, 2.24) is 0 Å². The Balaban J connectivity index is 0.000000605. The highest BCUT2D eigenvalue weighted by atomic mass is 35.5. The maximum absolute atomic E-state index is 6.16. The van der Waals surface area contributed by atoms with Crippen molar-refractivity contribution in [2.24, 2.45) is 11.1 Å². The van der Waals surface area contributed by atoms with Crippen LogP contribution in [-0.4, -0.2) is 5.54 Å². The van der Waals surface area contributed by atoms with Gasteiger partial charge < -0.3 is 5.73 Å². The first-order valence-corrected chi connectivity index (χ1v) is 4.41. The number of halogens is 1. The minimum atomic E-state index is 0. The van der Waals surface area contributed by atoms with Gasteiger partial charge in [0, 0.05) is 5.54 Å². The molecule has 2 heteroatoms. The summed E-state index contributed by atoms with van der Waals surface area (Å²) in [6.07, 6.45) is 7.98. The number of hydrogen-bond donors (Lipinski definition) is 1. The van der Waals surface area contributed by atoms with Gasteiger partial charge in [0.05, 0.1) is 0 Å². The van der Waals surface area contributed by atoms with Gasteiger partial charge in [-0.2, -0.15) is 0 Å². The highest BCUT2D eigenvalue weighted by Gasteiger charge is 2.43. The van der Waals surface area contributed by atoms with Gasteiger partial charge in [-0.05, 0) is 43.9 Å². The second-order valence-corrected chi connectivity index (χ2v) is 4.67. The summed E-state index contributed by atoms with van der Waals surface area (Å²) in [7, 11) is 0. The molecule has 0 spiro atoms. The van der Waals surface area contributed by atoms with Crippen LogP contribution in [0.15, 0.2) is 0 Å². The summed E-state index contributed by atoms with van der Waals surface area (Å²) in [6, 6.07) is 0. The van der Waals surface area contributed by atoms with Crippen LogP contribution in [0.4, 0.5) is 0 Å². The molecule has 0 unspecified atom stereocenters. The topological polar surface area (TPSA) is 26.0 Å². The Hall–Kier alpha value is 0.250. The quantitative estimate of drug-likeness (QED) is 0.602. The van der Waals surface area contributed by atoms with Gasteiger partial charge in [-0.25, -0.2) is 0 Å². The summed E-state index contributed by atoms with van der Waals surface area (Å²) < 4.78 is 0. The van der Waals surface area contributed by atoms with Crippen molar-refractivity contribution < 1.29 is 0 Å². The van der Waals surface area contributed by atoms with Crippen LogP contribution in [0.3, 0.4) is 0 Å². The minimum absolute atomic E-state index is 0. The Labute approximate surface area is 75.1 Å². The number of nitrogens with two attached hydrogens (primary N) is 1. The van der Waals surface area contributed by atoms with Gasteiger partial charge in [0.1, 0.15) is 0 Å². The molecule has 3 saturated carbocycles. The zero-order valence-electron chi connectivity index (χ0n) is 7.23. The van der Waals surface area contributed by atoms with Crippen LogP contribution in [0.1, 0.15) is 45.4 Å². The molecular formula is C9H18ClN. The number of rotatable bonds is 0. The van der Waals surface area contributed by atoms with E-state index in [0.717, 1.165) is 0 Å². The zero-order chi connectivity index (χ0) is 7.24. The SMILES string of the molecule is CC12CCC(N)(CC1)CC2.Cl. The lowest BCUT2D eigenvalue weighted by atomic mass is 9.58. The lowest BCUT2D eigenvalue weighted by molar-refractivity contribution is 0.0607. The second kappa shape index (κ2) is 2.63. The van der Waals surface area contributed by atoms with Crippen molar-refractivity contribution in [2.75, 3.05) is 0 Å². The van der Waals surface area contributed by atoms with Crippen molar-refractivity contribution in [1.29, 1.82) is 0 Å². The minimum Gasteiger partial charge on any atom is -0.325 e. The first-order chi connectivity index (χ1) is 4.62. The molecule has 3 aliphatic carbocycles. The predicted octanol–water partition coefficient (Wildman–Crippen LogP) is 2.48. The molecule has 0 heterocycles. The Morgan fingerprint density at radius 2 is 1.27 bits per heavy atom. The molecule has 2 N–H and O–H groups in total. The highest BCUT2D eigenvalue weighted by molar-refractivity contribution is 5.85. The molecule has 0 amide bonds. The summed E-state index contributed by atoms with van der Waals surface area (Å²) >= 11 is 0. The van der Waals surface area contributed by atoms with E-state index in [4.69, 9.17) is 5.73 Å². The molecule has 0 atom stereocenters. The third-order valence-electron chi connectivity index (χ3n) is 3.68. The van der Waals surface area contributed by atoms with Gasteiger partial charge in [0.25, 0.3) is 0 Å². The molecule has 3 fully saturated rings. The van der Waals surface area contributed by atoms with Crippen LogP contribution >= 0.6 is 12.4 Å². The first kappa shape index (κ1) is 9.34. The molecule has 1 nitrogen and oxygen atoms in total. The maximum atomic E-state index is 6.16. The fraction of sp³-hybridized carbons (Fsp3) is 1.00. The molecule has 0 radical (unpaired) electrons. The van der Waals surface area contributed by atoms with Gasteiger partial charge in [-0.3, -0.25) is 0 Å². The third-order valence-corrected chi connectivity index (χ3v) is 3.68. The van der Waals surface area contributed by atoms with E-state index in [9.17, 15) is 0 Å². The molecule has 3 aliphatic rings. The highest BCUT2D eigenvalue weighted by Crippen LogP contribution is 2.50. The summed E-state index contributed by atoms with van der Waals surface area (Å²) in [4.78, 5) is 0. The monoisotopic (exact) mass is 175 g/mol. The molecule has 0 aromatic rings. The molecule has 0 aromatic heterocycles. The molecular weight excluding hydrogens is 158 g/mol. The molecule has 0 saturated heterocycles. The summed E-state index contributed by atoms with van der Waals surface area (Å²) in [5, 5.41) is 0. The van der Waals surface area contributed by atoms with Crippen LogP contribution in [0.2, 0.25) is 0 Å². The molecule has 3 rings (SSSR count). The van der Waals surface area contributed by atoms with Crippen LogP contribution in [-0.2, 0) is 0 Å². The van der Waals surface area contributed by atoms with E-state index in [1.54, 1.807) is 0 Å². The van der Waals surface area contributed by atoms with Crippen LogP contribution in [0.5, 0.6) is 0 Å². The Morgan fingerprint density at radius 3 is 1.55 bits per heavy atom. The van der Waals surface area contributed by atoms with Gasteiger partial charge in [-0.1, -0.05) is 6.92 Å². The average molecular weight is 176 g/mol. The zero-order valence-corrected chi connectivity index (χ0v) is 8.04. The van der Waals surface area contributed by atoms with Crippen molar-refractivity contribution in [2.45, 2.75) is 51.0 Å². The fourth-order valence-corrected chi connectivity index (χ4v) is 2.40. The summed E-state index contributed by atoms with van der Waals surface area (Å²) in [6.45, 7) is 2.42. The van der Waals surface area contributed by atoms with E-state index in [2.05, 4.69) is 6.92 Å². The van der Waals surface area contributed by atoms with Crippen LogP contribution < -0.4 is 5.73 Å². The molecule has 0 aliphatic heterocycles. The largest absolute Gasteiger partial charge is 0.325 e. The van der Waals surface area contributed by atoms with E-state index >= 15 is 0 Å². The van der Waals surface area contributed by atoms with Crippen LogP contribution in [0.25, 0.3) is 0 Å². The van der Waals surface area contributed by atoms with Gasteiger partial charge in [0.2, 0.25) is 0 Å². The van der Waals surface area contributed by atoms with Gasteiger partial charge in [-0.15, -0.1) is 12.4 Å². The van der Waals surface area contributed by atoms with Crippen LogP contribution in [0, 0.1) is 5.41 Å². The maximum Gasteiger partial charge on any atom is 0.0155 e. The molecule has 2 bridgehead atoms. The fourth-order valence-electron chi connectivity index (χ4n) is 2.40. The van der Waals surface area contributed by atoms with E-state index in [1.807, 2.05) is 0 Å². The number of fused-ring (bicyclic) bond motifs is 3. The average Bonchev–Trinajstić information content (AvgIpc) is 1.93. The summed E-state index contributed by atoms with van der Waals surface area (Å²) in [5.74, 6) is 0. The number of hydrogen-bond acceptors (Lipinski definition) is 1. The Bertz CT molecular complexity index is 113. The predicted molar refractivity (Wildman–Crippen MR) is 50.0 cm³/mol. The normalized spacial score (nSPS) is 48.5. The Kier molecular flexibility index (Phi) is 2.24. The first-order valence-electron chi connectivity index (χ1n) is 4.41. The van der Waals surface area contributed by atoms with E-state index < -0.39 is 0 Å². The smallest absolute Gasteiger partial charge is 0.0155 e. The second-order valence-electron chi connectivity index (χ2n) is 4.67. The van der Waals surface area contributed by atoms with Gasteiger partial charge >= 0.3 is 0 Å². The lowest BCUT2D eigenvalue weighted by Crippen LogP contribution is -2.50. The molecule has 66 valence electrons. The Morgan fingerprint density at radius 1 is 0.909 bits per heavy atom. The third kappa shape index (κ3) is 1.54. The molecule has 0 aromatic carbocycles.